The Morgan fingerprint density at radius 2 is 2.38 bits per heavy atom. The fourth-order valence-corrected chi connectivity index (χ4v) is 3.12. The van der Waals surface area contributed by atoms with E-state index in [1.165, 1.54) is 18.5 Å². The summed E-state index contributed by atoms with van der Waals surface area (Å²) in [6.07, 6.45) is 1.18. The molecule has 0 aliphatic carbocycles. The molecule has 0 spiro atoms. The molecule has 1 aromatic rings. The van der Waals surface area contributed by atoms with Gasteiger partial charge >= 0.3 is 0 Å². The number of nitrogens with one attached hydrogen (secondary N) is 1. The Labute approximate surface area is 103 Å². The van der Waals surface area contributed by atoms with Crippen molar-refractivity contribution in [3.05, 3.63) is 22.4 Å². The van der Waals surface area contributed by atoms with Crippen molar-refractivity contribution in [3.8, 4) is 0 Å². The van der Waals surface area contributed by atoms with Gasteiger partial charge in [-0.25, -0.2) is 0 Å². The minimum Gasteiger partial charge on any atom is -0.309 e. The van der Waals surface area contributed by atoms with Crippen LogP contribution in [0.25, 0.3) is 0 Å². The smallest absolute Gasteiger partial charge is 0.0252 e. The molecule has 1 unspecified atom stereocenters. The van der Waals surface area contributed by atoms with E-state index in [-0.39, 0.29) is 5.54 Å². The molecule has 0 saturated carbocycles. The van der Waals surface area contributed by atoms with Crippen molar-refractivity contribution in [2.75, 3.05) is 19.6 Å². The molecule has 1 aromatic heterocycles. The summed E-state index contributed by atoms with van der Waals surface area (Å²) in [4.78, 5) is 2.61. The molecule has 1 saturated heterocycles. The summed E-state index contributed by atoms with van der Waals surface area (Å²) in [6, 6.07) is 2.89. The molecule has 1 aliphatic rings. The Morgan fingerprint density at radius 3 is 3.00 bits per heavy atom. The van der Waals surface area contributed by atoms with Crippen LogP contribution in [0.2, 0.25) is 0 Å². The molecule has 2 nitrogen and oxygen atoms in total. The van der Waals surface area contributed by atoms with Gasteiger partial charge in [-0.1, -0.05) is 0 Å². The summed E-state index contributed by atoms with van der Waals surface area (Å²) in [5, 5.41) is 8.00. The van der Waals surface area contributed by atoms with Crippen molar-refractivity contribution >= 4 is 11.3 Å². The first-order valence-corrected chi connectivity index (χ1v) is 7.01. The molecule has 16 heavy (non-hydrogen) atoms. The van der Waals surface area contributed by atoms with Gasteiger partial charge in [0.1, 0.15) is 0 Å². The maximum Gasteiger partial charge on any atom is 0.0252 e. The first kappa shape index (κ1) is 12.1. The molecule has 90 valence electrons. The van der Waals surface area contributed by atoms with Crippen molar-refractivity contribution < 1.29 is 0 Å². The molecule has 0 radical (unpaired) electrons. The lowest BCUT2D eigenvalue weighted by molar-refractivity contribution is 0.116. The highest BCUT2D eigenvalue weighted by Gasteiger charge is 2.28. The summed E-state index contributed by atoms with van der Waals surface area (Å²) in [7, 11) is 0. The zero-order valence-corrected chi connectivity index (χ0v) is 11.3. The van der Waals surface area contributed by atoms with Crippen molar-refractivity contribution in [1.82, 2.24) is 10.2 Å². The second kappa shape index (κ2) is 4.86. The van der Waals surface area contributed by atoms with E-state index in [4.69, 9.17) is 0 Å². The van der Waals surface area contributed by atoms with E-state index < -0.39 is 0 Å². The maximum absolute atomic E-state index is 3.56. The topological polar surface area (TPSA) is 15.3 Å². The van der Waals surface area contributed by atoms with Crippen LogP contribution in [0.1, 0.15) is 26.3 Å². The van der Waals surface area contributed by atoms with E-state index in [2.05, 4.69) is 47.8 Å². The van der Waals surface area contributed by atoms with Gasteiger partial charge in [-0.3, -0.25) is 4.90 Å². The Bertz CT molecular complexity index is 319. The first-order chi connectivity index (χ1) is 7.57. The van der Waals surface area contributed by atoms with E-state index in [0.29, 0.717) is 6.04 Å². The average Bonchev–Trinajstić information content (AvgIpc) is 2.69. The van der Waals surface area contributed by atoms with Gasteiger partial charge < -0.3 is 5.32 Å². The zero-order valence-electron chi connectivity index (χ0n) is 10.5. The number of nitrogens with zero attached hydrogens (tertiary/aromatic N) is 1. The van der Waals surface area contributed by atoms with Crippen LogP contribution in [0.15, 0.2) is 16.8 Å². The molecule has 1 N–H and O–H groups in total. The number of hydrogen-bond acceptors (Lipinski definition) is 3. The lowest BCUT2D eigenvalue weighted by atomic mass is 9.99. The van der Waals surface area contributed by atoms with Gasteiger partial charge in [-0.05, 0) is 49.6 Å². The first-order valence-electron chi connectivity index (χ1n) is 6.07. The van der Waals surface area contributed by atoms with E-state index in [0.717, 1.165) is 13.1 Å². The standard InChI is InChI=1S/C13H22N2S/c1-11(8-12-4-7-16-9-12)15-6-5-14-13(2,3)10-15/h4,7,9,11,14H,5-6,8,10H2,1-3H3. The summed E-state index contributed by atoms with van der Waals surface area (Å²) in [5.41, 5.74) is 1.75. The van der Waals surface area contributed by atoms with Gasteiger partial charge in [0.25, 0.3) is 0 Å². The largest absolute Gasteiger partial charge is 0.309 e. The highest BCUT2D eigenvalue weighted by atomic mass is 32.1. The van der Waals surface area contributed by atoms with Crippen LogP contribution in [-0.2, 0) is 6.42 Å². The predicted molar refractivity (Wildman–Crippen MR) is 71.1 cm³/mol. The van der Waals surface area contributed by atoms with Crippen LogP contribution >= 0.6 is 11.3 Å². The van der Waals surface area contributed by atoms with E-state index in [1.54, 1.807) is 11.3 Å². The molecule has 1 atom stereocenters. The Balaban J connectivity index is 1.91. The Kier molecular flexibility index (Phi) is 3.67. The predicted octanol–water partition coefficient (Wildman–Crippen LogP) is 2.36. The van der Waals surface area contributed by atoms with Crippen LogP contribution in [0.4, 0.5) is 0 Å². The highest BCUT2D eigenvalue weighted by molar-refractivity contribution is 7.07. The highest BCUT2D eigenvalue weighted by Crippen LogP contribution is 2.17. The molecule has 0 amide bonds. The van der Waals surface area contributed by atoms with Gasteiger partial charge in [0.15, 0.2) is 0 Å². The molecular weight excluding hydrogens is 216 g/mol. The van der Waals surface area contributed by atoms with Crippen molar-refractivity contribution in [2.24, 2.45) is 0 Å². The Hall–Kier alpha value is -0.380. The third kappa shape index (κ3) is 3.06. The molecule has 0 aromatic carbocycles. The fraction of sp³-hybridized carbons (Fsp3) is 0.692. The van der Waals surface area contributed by atoms with E-state index in [1.807, 2.05) is 0 Å². The second-order valence-corrected chi connectivity index (χ2v) is 6.25. The molecule has 0 bridgehead atoms. The van der Waals surface area contributed by atoms with Crippen LogP contribution in [0.5, 0.6) is 0 Å². The van der Waals surface area contributed by atoms with Crippen LogP contribution < -0.4 is 5.32 Å². The third-order valence-corrected chi connectivity index (χ3v) is 4.07. The summed E-state index contributed by atoms with van der Waals surface area (Å²) in [5.74, 6) is 0. The normalized spacial score (nSPS) is 23.2. The molecule has 3 heteroatoms. The number of hydrogen-bond donors (Lipinski definition) is 1. The third-order valence-electron chi connectivity index (χ3n) is 3.34. The van der Waals surface area contributed by atoms with Crippen LogP contribution in [-0.4, -0.2) is 36.1 Å². The zero-order chi connectivity index (χ0) is 11.6. The van der Waals surface area contributed by atoms with Gasteiger partial charge in [-0.2, -0.15) is 11.3 Å². The molecule has 2 rings (SSSR count). The van der Waals surface area contributed by atoms with Crippen LogP contribution in [0.3, 0.4) is 0 Å². The lowest BCUT2D eigenvalue weighted by Crippen LogP contribution is -2.59. The Morgan fingerprint density at radius 1 is 1.56 bits per heavy atom. The monoisotopic (exact) mass is 238 g/mol. The van der Waals surface area contributed by atoms with Gasteiger partial charge in [0.05, 0.1) is 0 Å². The fourth-order valence-electron chi connectivity index (χ4n) is 2.44. The average molecular weight is 238 g/mol. The molecule has 2 heterocycles. The van der Waals surface area contributed by atoms with E-state index >= 15 is 0 Å². The van der Waals surface area contributed by atoms with E-state index in [9.17, 15) is 0 Å². The minimum absolute atomic E-state index is 0.265. The number of thiophene rings is 1. The quantitative estimate of drug-likeness (QED) is 0.869. The van der Waals surface area contributed by atoms with Gasteiger partial charge in [0, 0.05) is 31.2 Å². The minimum atomic E-state index is 0.265. The van der Waals surface area contributed by atoms with Crippen molar-refractivity contribution in [2.45, 2.75) is 38.8 Å². The summed E-state index contributed by atoms with van der Waals surface area (Å²) in [6.45, 7) is 10.4. The molecular formula is C13H22N2S. The summed E-state index contributed by atoms with van der Waals surface area (Å²) >= 11 is 1.80. The molecule has 1 fully saturated rings. The van der Waals surface area contributed by atoms with Gasteiger partial charge in [-0.15, -0.1) is 0 Å². The van der Waals surface area contributed by atoms with Crippen molar-refractivity contribution in [3.63, 3.8) is 0 Å². The lowest BCUT2D eigenvalue weighted by Gasteiger charge is -2.42. The number of piperazine rings is 1. The van der Waals surface area contributed by atoms with Crippen LogP contribution in [0, 0.1) is 0 Å². The van der Waals surface area contributed by atoms with Crippen molar-refractivity contribution in [1.29, 1.82) is 0 Å². The maximum atomic E-state index is 3.56. The second-order valence-electron chi connectivity index (χ2n) is 5.47. The number of rotatable bonds is 3. The SMILES string of the molecule is CC(Cc1ccsc1)N1CCNC(C)(C)C1. The molecule has 1 aliphatic heterocycles. The summed E-state index contributed by atoms with van der Waals surface area (Å²) < 4.78 is 0. The van der Waals surface area contributed by atoms with Gasteiger partial charge in [0.2, 0.25) is 0 Å².